The van der Waals surface area contributed by atoms with E-state index in [0.717, 1.165) is 6.42 Å². The van der Waals surface area contributed by atoms with E-state index >= 15 is 0 Å². The van der Waals surface area contributed by atoms with Crippen molar-refractivity contribution >= 4 is 5.97 Å². The van der Waals surface area contributed by atoms with E-state index in [2.05, 4.69) is 34.3 Å². The van der Waals surface area contributed by atoms with E-state index in [4.69, 9.17) is 14.2 Å². The van der Waals surface area contributed by atoms with Gasteiger partial charge in [0.25, 0.3) is 0 Å². The first kappa shape index (κ1) is 17.2. The van der Waals surface area contributed by atoms with Gasteiger partial charge in [-0.3, -0.25) is 4.79 Å². The van der Waals surface area contributed by atoms with E-state index in [1.807, 2.05) is 0 Å². The fourth-order valence-corrected chi connectivity index (χ4v) is 3.12. The molecule has 0 aliphatic carbocycles. The summed E-state index contributed by atoms with van der Waals surface area (Å²) < 4.78 is 17.4. The molecular weight excluding hydrogens is 256 g/mol. The molecule has 0 saturated carbocycles. The Hall–Kier alpha value is -0.870. The number of carbonyl (C=O) groups is 1. The molecule has 0 aromatic heterocycles. The molecule has 0 unspecified atom stereocenters. The van der Waals surface area contributed by atoms with Crippen molar-refractivity contribution in [3.8, 4) is 0 Å². The Morgan fingerprint density at radius 2 is 2.00 bits per heavy atom. The Bertz CT molecular complexity index is 350. The van der Waals surface area contributed by atoms with Crippen LogP contribution in [0.1, 0.15) is 41.0 Å². The lowest BCUT2D eigenvalue weighted by atomic mass is 9.83. The number of esters is 1. The molecule has 4 atom stereocenters. The molecule has 1 heterocycles. The molecule has 0 aromatic rings. The summed E-state index contributed by atoms with van der Waals surface area (Å²) in [7, 11) is 1.63. The molecule has 0 bridgehead atoms. The van der Waals surface area contributed by atoms with Gasteiger partial charge in [0.2, 0.25) is 0 Å². The predicted molar refractivity (Wildman–Crippen MR) is 78.4 cm³/mol. The van der Waals surface area contributed by atoms with Crippen molar-refractivity contribution in [1.29, 1.82) is 0 Å². The van der Waals surface area contributed by atoms with Gasteiger partial charge in [-0.05, 0) is 24.3 Å². The molecular formula is C16H28O4. The van der Waals surface area contributed by atoms with E-state index in [-0.39, 0.29) is 30.2 Å². The van der Waals surface area contributed by atoms with E-state index in [1.54, 1.807) is 13.2 Å². The van der Waals surface area contributed by atoms with Crippen LogP contribution in [-0.4, -0.2) is 37.0 Å². The van der Waals surface area contributed by atoms with E-state index in [1.165, 1.54) is 6.92 Å². The maximum atomic E-state index is 11.5. The van der Waals surface area contributed by atoms with Crippen molar-refractivity contribution in [3.63, 3.8) is 0 Å². The van der Waals surface area contributed by atoms with Gasteiger partial charge in [-0.2, -0.15) is 0 Å². The summed E-state index contributed by atoms with van der Waals surface area (Å²) in [5.74, 6) is 0.331. The summed E-state index contributed by atoms with van der Waals surface area (Å²) in [5, 5.41) is 0. The molecule has 0 radical (unpaired) electrons. The number of methoxy groups -OCH3 is 1. The van der Waals surface area contributed by atoms with Gasteiger partial charge in [0.05, 0.1) is 6.10 Å². The van der Waals surface area contributed by atoms with Crippen LogP contribution in [0, 0.1) is 11.8 Å². The van der Waals surface area contributed by atoms with Crippen molar-refractivity contribution in [2.45, 2.75) is 65.0 Å². The van der Waals surface area contributed by atoms with Crippen molar-refractivity contribution in [1.82, 2.24) is 0 Å². The molecule has 0 amide bonds. The van der Waals surface area contributed by atoms with E-state index in [9.17, 15) is 4.79 Å². The maximum absolute atomic E-state index is 11.5. The van der Waals surface area contributed by atoms with Gasteiger partial charge in [-0.1, -0.05) is 34.3 Å². The number of ether oxygens (including phenoxy) is 3. The summed E-state index contributed by atoms with van der Waals surface area (Å²) in [6.45, 7) is 13.7. The van der Waals surface area contributed by atoms with E-state index in [0.29, 0.717) is 5.92 Å². The van der Waals surface area contributed by atoms with Gasteiger partial charge < -0.3 is 14.2 Å². The topological polar surface area (TPSA) is 44.8 Å². The lowest BCUT2D eigenvalue weighted by Crippen LogP contribution is -2.52. The number of hydrogen-bond acceptors (Lipinski definition) is 4. The quantitative estimate of drug-likeness (QED) is 0.555. The smallest absolute Gasteiger partial charge is 0.303 e. The fourth-order valence-electron chi connectivity index (χ4n) is 3.12. The van der Waals surface area contributed by atoms with Crippen LogP contribution in [0.25, 0.3) is 0 Å². The molecule has 1 rings (SSSR count). The monoisotopic (exact) mass is 284 g/mol. The largest absolute Gasteiger partial charge is 0.449 e. The summed E-state index contributed by atoms with van der Waals surface area (Å²) in [6, 6.07) is 0. The van der Waals surface area contributed by atoms with Gasteiger partial charge in [0, 0.05) is 14.0 Å². The second-order valence-corrected chi connectivity index (χ2v) is 6.28. The third kappa shape index (κ3) is 3.23. The van der Waals surface area contributed by atoms with Crippen LogP contribution >= 0.6 is 0 Å². The highest BCUT2D eigenvalue weighted by molar-refractivity contribution is 5.67. The van der Waals surface area contributed by atoms with E-state index < -0.39 is 5.60 Å². The first-order valence-corrected chi connectivity index (χ1v) is 7.29. The Morgan fingerprint density at radius 1 is 1.40 bits per heavy atom. The average Bonchev–Trinajstić information content (AvgIpc) is 2.61. The molecule has 4 heteroatoms. The zero-order valence-electron chi connectivity index (χ0n) is 13.5. The van der Waals surface area contributed by atoms with Gasteiger partial charge in [-0.25, -0.2) is 0 Å². The molecule has 4 nitrogen and oxygen atoms in total. The van der Waals surface area contributed by atoms with Crippen LogP contribution in [-0.2, 0) is 19.0 Å². The van der Waals surface area contributed by atoms with Crippen molar-refractivity contribution in [2.24, 2.45) is 11.8 Å². The lowest BCUT2D eigenvalue weighted by molar-refractivity contribution is -0.167. The van der Waals surface area contributed by atoms with Crippen LogP contribution in [0.3, 0.4) is 0 Å². The molecule has 20 heavy (non-hydrogen) atoms. The summed E-state index contributed by atoms with van der Waals surface area (Å²) in [5.41, 5.74) is -0.908. The molecule has 1 fully saturated rings. The normalized spacial score (nSPS) is 33.7. The summed E-state index contributed by atoms with van der Waals surface area (Å²) >= 11 is 0. The van der Waals surface area contributed by atoms with Gasteiger partial charge in [0.15, 0.2) is 5.60 Å². The second-order valence-electron chi connectivity index (χ2n) is 6.28. The molecule has 1 aliphatic heterocycles. The van der Waals surface area contributed by atoms with Crippen LogP contribution in [0.15, 0.2) is 12.7 Å². The minimum absolute atomic E-state index is 0.0928. The first-order valence-electron chi connectivity index (χ1n) is 7.29. The Labute approximate surface area is 122 Å². The third-order valence-electron chi connectivity index (χ3n) is 3.75. The Kier molecular flexibility index (Phi) is 5.78. The van der Waals surface area contributed by atoms with Crippen molar-refractivity contribution in [3.05, 3.63) is 12.7 Å². The number of rotatable bonds is 6. The van der Waals surface area contributed by atoms with Gasteiger partial charge in [0.1, 0.15) is 12.2 Å². The minimum Gasteiger partial charge on any atom is -0.449 e. The number of hydrogen-bond donors (Lipinski definition) is 0. The van der Waals surface area contributed by atoms with Gasteiger partial charge >= 0.3 is 5.97 Å². The molecule has 1 aliphatic rings. The highest BCUT2D eigenvalue weighted by Gasteiger charge is 2.58. The molecule has 1 saturated heterocycles. The Morgan fingerprint density at radius 3 is 2.35 bits per heavy atom. The molecule has 116 valence electrons. The minimum atomic E-state index is -0.908. The number of carbonyl (C=O) groups excluding carboxylic acids is 1. The van der Waals surface area contributed by atoms with Crippen LogP contribution in [0.4, 0.5) is 0 Å². The third-order valence-corrected chi connectivity index (χ3v) is 3.75. The van der Waals surface area contributed by atoms with Gasteiger partial charge in [-0.15, -0.1) is 0 Å². The standard InChI is InChI=1S/C16H28O4/c1-8-16(20-12(6)17)14(11(4)5)19-13(9-10(2)3)15(16)18-7/h8,10-11,13-15H,1,9H2,2-7H3/t13-,14+,15-,16+/m1/s1. The van der Waals surface area contributed by atoms with Crippen molar-refractivity contribution < 1.29 is 19.0 Å². The highest BCUT2D eigenvalue weighted by Crippen LogP contribution is 2.42. The Balaban J connectivity index is 3.17. The zero-order chi connectivity index (χ0) is 15.5. The molecule has 0 N–H and O–H groups in total. The average molecular weight is 284 g/mol. The van der Waals surface area contributed by atoms with Crippen molar-refractivity contribution in [2.75, 3.05) is 7.11 Å². The summed E-state index contributed by atoms with van der Waals surface area (Å²) in [4.78, 5) is 11.5. The summed E-state index contributed by atoms with van der Waals surface area (Å²) in [6.07, 6.45) is 1.88. The SMILES string of the molecule is C=C[C@@]1(OC(C)=O)[C@H](OC)[C@@H](CC(C)C)O[C@H]1C(C)C. The van der Waals surface area contributed by atoms with Crippen LogP contribution in [0.2, 0.25) is 0 Å². The predicted octanol–water partition coefficient (Wildman–Crippen LogP) is 2.96. The first-order chi connectivity index (χ1) is 9.28. The highest BCUT2D eigenvalue weighted by atomic mass is 16.6. The fraction of sp³-hybridized carbons (Fsp3) is 0.812. The van der Waals surface area contributed by atoms with Crippen LogP contribution in [0.5, 0.6) is 0 Å². The second kappa shape index (κ2) is 6.72. The molecule has 0 spiro atoms. The van der Waals surface area contributed by atoms with Crippen LogP contribution < -0.4 is 0 Å². The zero-order valence-corrected chi connectivity index (χ0v) is 13.5. The maximum Gasteiger partial charge on any atom is 0.303 e. The lowest BCUT2D eigenvalue weighted by Gasteiger charge is -2.36. The molecule has 0 aromatic carbocycles.